The molecule has 0 aromatic heterocycles. The van der Waals surface area contributed by atoms with Crippen LogP contribution in [-0.4, -0.2) is 13.7 Å². The van der Waals surface area contributed by atoms with Gasteiger partial charge >= 0.3 is 0 Å². The van der Waals surface area contributed by atoms with Crippen molar-refractivity contribution in [3.05, 3.63) is 65.2 Å². The van der Waals surface area contributed by atoms with Crippen LogP contribution in [0, 0.1) is 6.92 Å². The standard InChI is InChI=1S/C19H25NO/c1-4-16-8-6-9-17(14-16)19(20-3)11-12-21-18-10-5-7-15(2)13-18/h5-10,13-14,19-20H,4,11-12H2,1-3H3. The van der Waals surface area contributed by atoms with Crippen molar-refractivity contribution < 1.29 is 4.74 Å². The number of ether oxygens (including phenoxy) is 1. The van der Waals surface area contributed by atoms with Crippen molar-refractivity contribution in [2.75, 3.05) is 13.7 Å². The number of hydrogen-bond acceptors (Lipinski definition) is 2. The molecule has 1 N–H and O–H groups in total. The van der Waals surface area contributed by atoms with Gasteiger partial charge in [-0.2, -0.15) is 0 Å². The number of aryl methyl sites for hydroxylation is 2. The van der Waals surface area contributed by atoms with Gasteiger partial charge in [0.1, 0.15) is 5.75 Å². The third kappa shape index (κ3) is 4.61. The van der Waals surface area contributed by atoms with Gasteiger partial charge < -0.3 is 10.1 Å². The first-order valence-corrected chi connectivity index (χ1v) is 7.68. The van der Waals surface area contributed by atoms with Gasteiger partial charge in [-0.1, -0.05) is 43.3 Å². The van der Waals surface area contributed by atoms with E-state index >= 15 is 0 Å². The molecule has 112 valence electrons. The zero-order chi connectivity index (χ0) is 15.1. The molecule has 2 rings (SSSR count). The van der Waals surface area contributed by atoms with E-state index in [9.17, 15) is 0 Å². The van der Waals surface area contributed by atoms with Crippen molar-refractivity contribution >= 4 is 0 Å². The quantitative estimate of drug-likeness (QED) is 0.818. The summed E-state index contributed by atoms with van der Waals surface area (Å²) in [5, 5.41) is 3.39. The van der Waals surface area contributed by atoms with Gasteiger partial charge in [0, 0.05) is 12.5 Å². The molecule has 0 aliphatic carbocycles. The van der Waals surface area contributed by atoms with Crippen LogP contribution in [0.15, 0.2) is 48.5 Å². The molecule has 2 aromatic rings. The Morgan fingerprint density at radius 3 is 2.62 bits per heavy atom. The number of rotatable bonds is 7. The van der Waals surface area contributed by atoms with Crippen LogP contribution in [0.25, 0.3) is 0 Å². The van der Waals surface area contributed by atoms with Crippen LogP contribution in [0.1, 0.15) is 36.1 Å². The first-order valence-electron chi connectivity index (χ1n) is 7.68. The predicted molar refractivity (Wildman–Crippen MR) is 88.9 cm³/mol. The lowest BCUT2D eigenvalue weighted by atomic mass is 10.0. The van der Waals surface area contributed by atoms with E-state index in [4.69, 9.17) is 4.74 Å². The van der Waals surface area contributed by atoms with E-state index in [1.165, 1.54) is 16.7 Å². The van der Waals surface area contributed by atoms with Gasteiger partial charge in [0.25, 0.3) is 0 Å². The van der Waals surface area contributed by atoms with Crippen LogP contribution in [0.2, 0.25) is 0 Å². The topological polar surface area (TPSA) is 21.3 Å². The van der Waals surface area contributed by atoms with Crippen molar-refractivity contribution in [2.45, 2.75) is 32.7 Å². The number of benzene rings is 2. The second-order valence-electron chi connectivity index (χ2n) is 5.39. The maximum Gasteiger partial charge on any atom is 0.119 e. The van der Waals surface area contributed by atoms with Crippen molar-refractivity contribution in [2.24, 2.45) is 0 Å². The Kier molecular flexibility index (Phi) is 5.82. The molecular weight excluding hydrogens is 258 g/mol. The van der Waals surface area contributed by atoms with E-state index in [-0.39, 0.29) is 0 Å². The summed E-state index contributed by atoms with van der Waals surface area (Å²) in [4.78, 5) is 0. The van der Waals surface area contributed by atoms with E-state index < -0.39 is 0 Å². The normalized spacial score (nSPS) is 12.1. The molecule has 0 saturated heterocycles. The van der Waals surface area contributed by atoms with Crippen LogP contribution in [0.5, 0.6) is 5.75 Å². The molecule has 2 heteroatoms. The van der Waals surface area contributed by atoms with Gasteiger partial charge in [-0.05, 0) is 49.2 Å². The molecule has 0 aliphatic rings. The third-order valence-electron chi connectivity index (χ3n) is 3.77. The van der Waals surface area contributed by atoms with Gasteiger partial charge in [0.05, 0.1) is 6.61 Å². The van der Waals surface area contributed by atoms with Gasteiger partial charge in [0.2, 0.25) is 0 Å². The summed E-state index contributed by atoms with van der Waals surface area (Å²) in [6.07, 6.45) is 2.03. The Morgan fingerprint density at radius 2 is 1.90 bits per heavy atom. The van der Waals surface area contributed by atoms with Crippen LogP contribution >= 0.6 is 0 Å². The van der Waals surface area contributed by atoms with E-state index in [0.717, 1.165) is 18.6 Å². The molecule has 0 saturated carbocycles. The van der Waals surface area contributed by atoms with Crippen LogP contribution < -0.4 is 10.1 Å². The highest BCUT2D eigenvalue weighted by Crippen LogP contribution is 2.19. The van der Waals surface area contributed by atoms with Gasteiger partial charge in [-0.3, -0.25) is 0 Å². The molecule has 0 aliphatic heterocycles. The summed E-state index contributed by atoms with van der Waals surface area (Å²) in [5.74, 6) is 0.951. The van der Waals surface area contributed by atoms with Crippen LogP contribution in [0.4, 0.5) is 0 Å². The number of nitrogens with one attached hydrogen (secondary N) is 1. The number of hydrogen-bond donors (Lipinski definition) is 1. The van der Waals surface area contributed by atoms with E-state index in [1.54, 1.807) is 0 Å². The fourth-order valence-corrected chi connectivity index (χ4v) is 2.51. The summed E-state index contributed by atoms with van der Waals surface area (Å²) >= 11 is 0. The van der Waals surface area contributed by atoms with Crippen LogP contribution in [0.3, 0.4) is 0 Å². The van der Waals surface area contributed by atoms with Crippen molar-refractivity contribution in [1.82, 2.24) is 5.32 Å². The maximum absolute atomic E-state index is 5.86. The first kappa shape index (κ1) is 15.6. The van der Waals surface area contributed by atoms with Gasteiger partial charge in [0.15, 0.2) is 0 Å². The minimum atomic E-state index is 0.335. The summed E-state index contributed by atoms with van der Waals surface area (Å²) in [6, 6.07) is 17.3. The third-order valence-corrected chi connectivity index (χ3v) is 3.77. The molecule has 0 amide bonds. The molecule has 0 spiro atoms. The summed E-state index contributed by atoms with van der Waals surface area (Å²) in [5.41, 5.74) is 3.95. The maximum atomic E-state index is 5.86. The van der Waals surface area contributed by atoms with Gasteiger partial charge in [-0.25, -0.2) is 0 Å². The Morgan fingerprint density at radius 1 is 1.10 bits per heavy atom. The molecule has 2 aromatic carbocycles. The highest BCUT2D eigenvalue weighted by molar-refractivity contribution is 5.28. The van der Waals surface area contributed by atoms with Crippen molar-refractivity contribution in [3.63, 3.8) is 0 Å². The molecule has 0 bridgehead atoms. The zero-order valence-electron chi connectivity index (χ0n) is 13.2. The Bertz CT molecular complexity index is 565. The second kappa shape index (κ2) is 7.84. The Labute approximate surface area is 128 Å². The van der Waals surface area contributed by atoms with Gasteiger partial charge in [-0.15, -0.1) is 0 Å². The SMILES string of the molecule is CCc1cccc(C(CCOc2cccc(C)c2)NC)c1. The lowest BCUT2D eigenvalue weighted by Crippen LogP contribution is -2.19. The zero-order valence-corrected chi connectivity index (χ0v) is 13.2. The summed E-state index contributed by atoms with van der Waals surface area (Å²) in [6.45, 7) is 4.99. The van der Waals surface area contributed by atoms with Crippen molar-refractivity contribution in [3.8, 4) is 5.75 Å². The fraction of sp³-hybridized carbons (Fsp3) is 0.368. The molecular formula is C19H25NO. The average molecular weight is 283 g/mol. The lowest BCUT2D eigenvalue weighted by molar-refractivity contribution is 0.290. The average Bonchev–Trinajstić information content (AvgIpc) is 2.52. The lowest BCUT2D eigenvalue weighted by Gasteiger charge is -2.18. The Hall–Kier alpha value is -1.80. The highest BCUT2D eigenvalue weighted by Gasteiger charge is 2.09. The van der Waals surface area contributed by atoms with E-state index in [0.29, 0.717) is 12.6 Å². The highest BCUT2D eigenvalue weighted by atomic mass is 16.5. The monoisotopic (exact) mass is 283 g/mol. The molecule has 21 heavy (non-hydrogen) atoms. The molecule has 0 fully saturated rings. The predicted octanol–water partition coefficient (Wildman–Crippen LogP) is 4.29. The minimum absolute atomic E-state index is 0.335. The largest absolute Gasteiger partial charge is 0.494 e. The minimum Gasteiger partial charge on any atom is -0.494 e. The molecule has 2 nitrogen and oxygen atoms in total. The Balaban J connectivity index is 1.93. The van der Waals surface area contributed by atoms with Crippen molar-refractivity contribution in [1.29, 1.82) is 0 Å². The smallest absolute Gasteiger partial charge is 0.119 e. The fourth-order valence-electron chi connectivity index (χ4n) is 2.51. The molecule has 0 radical (unpaired) electrons. The second-order valence-corrected chi connectivity index (χ2v) is 5.39. The summed E-state index contributed by atoms with van der Waals surface area (Å²) < 4.78 is 5.86. The molecule has 1 unspecified atom stereocenters. The molecule has 1 atom stereocenters. The molecule has 0 heterocycles. The van der Waals surface area contributed by atoms with E-state index in [2.05, 4.69) is 55.6 Å². The van der Waals surface area contributed by atoms with Crippen LogP contribution in [-0.2, 0) is 6.42 Å². The first-order chi connectivity index (χ1) is 10.2. The summed E-state index contributed by atoms with van der Waals surface area (Å²) in [7, 11) is 2.01. The van der Waals surface area contributed by atoms with E-state index in [1.807, 2.05) is 19.2 Å².